The van der Waals surface area contributed by atoms with Crippen molar-refractivity contribution in [3.8, 4) is 5.69 Å². The van der Waals surface area contributed by atoms with Gasteiger partial charge in [-0.15, -0.1) is 0 Å². The third kappa shape index (κ3) is 3.56. The lowest BCUT2D eigenvalue weighted by atomic mass is 9.49. The van der Waals surface area contributed by atoms with Gasteiger partial charge < -0.3 is 14.4 Å². The molecule has 6 fully saturated rings. The standard InChI is InChI=1S/C30H37N3O2/c34-27(25-5-1-2-6-26(25)31-10-3-4-11-31)32-12-7-29(8-13-32)9-14-33(21-29)28(35)30-18-22-15-23(19-30)17-24(16-22)20-30/h1-6,10-11,22-24H,7-9,12-21H2. The van der Waals surface area contributed by atoms with Gasteiger partial charge in [0.15, 0.2) is 0 Å². The summed E-state index contributed by atoms with van der Waals surface area (Å²) in [4.78, 5) is 31.7. The van der Waals surface area contributed by atoms with Gasteiger partial charge in [0.1, 0.15) is 0 Å². The van der Waals surface area contributed by atoms with Crippen LogP contribution in [-0.4, -0.2) is 52.4 Å². The number of carbonyl (C=O) groups is 2. The van der Waals surface area contributed by atoms with E-state index in [0.717, 1.165) is 93.7 Å². The van der Waals surface area contributed by atoms with Crippen LogP contribution in [0.25, 0.3) is 5.69 Å². The number of hydrogen-bond acceptors (Lipinski definition) is 2. The van der Waals surface area contributed by atoms with Gasteiger partial charge in [0.2, 0.25) is 5.91 Å². The van der Waals surface area contributed by atoms with E-state index in [9.17, 15) is 9.59 Å². The summed E-state index contributed by atoms with van der Waals surface area (Å²) < 4.78 is 2.02. The highest BCUT2D eigenvalue weighted by Crippen LogP contribution is 2.61. The minimum atomic E-state index is -0.0286. The van der Waals surface area contributed by atoms with Crippen molar-refractivity contribution in [2.75, 3.05) is 26.2 Å². The smallest absolute Gasteiger partial charge is 0.255 e. The molecule has 4 saturated carbocycles. The van der Waals surface area contributed by atoms with Crippen LogP contribution in [0.15, 0.2) is 48.8 Å². The van der Waals surface area contributed by atoms with Gasteiger partial charge in [0.05, 0.1) is 16.7 Å². The first-order valence-corrected chi connectivity index (χ1v) is 13.8. The lowest BCUT2D eigenvalue weighted by Gasteiger charge is -2.56. The van der Waals surface area contributed by atoms with E-state index in [1.165, 1.54) is 19.3 Å². The molecular formula is C30H37N3O2. The third-order valence-corrected chi connectivity index (χ3v) is 10.3. The Balaban J connectivity index is 1.02. The zero-order chi connectivity index (χ0) is 23.6. The minimum absolute atomic E-state index is 0.0286. The molecule has 1 aromatic carbocycles. The maximum Gasteiger partial charge on any atom is 0.255 e. The first-order chi connectivity index (χ1) is 17.0. The Bertz CT molecular complexity index is 1090. The first kappa shape index (κ1) is 21.7. The van der Waals surface area contributed by atoms with E-state index in [2.05, 4.69) is 4.90 Å². The van der Waals surface area contributed by atoms with Crippen molar-refractivity contribution in [1.29, 1.82) is 0 Å². The van der Waals surface area contributed by atoms with Gasteiger partial charge in [-0.05, 0) is 105 Å². The predicted octanol–water partition coefficient (Wildman–Crippen LogP) is 5.15. The molecule has 5 heteroatoms. The fourth-order valence-corrected chi connectivity index (χ4v) is 8.95. The van der Waals surface area contributed by atoms with Crippen molar-refractivity contribution >= 4 is 11.8 Å². The summed E-state index contributed by atoms with van der Waals surface area (Å²) in [6, 6.07) is 11.9. The van der Waals surface area contributed by atoms with Gasteiger partial charge in [-0.3, -0.25) is 9.59 Å². The number of nitrogens with zero attached hydrogens (tertiary/aromatic N) is 3. The summed E-state index contributed by atoms with van der Waals surface area (Å²) in [5, 5.41) is 0. The molecule has 1 aromatic heterocycles. The lowest BCUT2D eigenvalue weighted by Crippen LogP contribution is -2.54. The van der Waals surface area contributed by atoms with Crippen LogP contribution in [0, 0.1) is 28.6 Å². The van der Waals surface area contributed by atoms with Gasteiger partial charge in [-0.2, -0.15) is 0 Å². The molecule has 2 aliphatic heterocycles. The predicted molar refractivity (Wildman–Crippen MR) is 135 cm³/mol. The summed E-state index contributed by atoms with van der Waals surface area (Å²) in [7, 11) is 0. The van der Waals surface area contributed by atoms with Crippen molar-refractivity contribution in [1.82, 2.24) is 14.4 Å². The number of hydrogen-bond donors (Lipinski definition) is 0. The number of aromatic nitrogens is 1. The Kier molecular flexibility index (Phi) is 4.94. The molecule has 8 rings (SSSR count). The highest BCUT2D eigenvalue weighted by atomic mass is 16.2. The zero-order valence-electron chi connectivity index (χ0n) is 20.7. The molecule has 0 N–H and O–H groups in total. The molecule has 5 nitrogen and oxygen atoms in total. The van der Waals surface area contributed by atoms with E-state index < -0.39 is 0 Å². The number of carbonyl (C=O) groups excluding carboxylic acids is 2. The van der Waals surface area contributed by atoms with Gasteiger partial charge >= 0.3 is 0 Å². The van der Waals surface area contributed by atoms with E-state index in [0.29, 0.717) is 5.91 Å². The first-order valence-electron chi connectivity index (χ1n) is 13.8. The van der Waals surface area contributed by atoms with E-state index in [1.54, 1.807) is 0 Å². The second-order valence-corrected chi connectivity index (χ2v) is 12.6. The normalized spacial score (nSPS) is 33.0. The second kappa shape index (κ2) is 7.97. The average molecular weight is 472 g/mol. The van der Waals surface area contributed by atoms with E-state index in [1.807, 2.05) is 58.3 Å². The number of piperidine rings is 1. The van der Waals surface area contributed by atoms with Gasteiger partial charge in [-0.1, -0.05) is 12.1 Å². The minimum Gasteiger partial charge on any atom is -0.342 e. The van der Waals surface area contributed by atoms with E-state index in [4.69, 9.17) is 0 Å². The topological polar surface area (TPSA) is 45.6 Å². The van der Waals surface area contributed by atoms with E-state index >= 15 is 0 Å². The molecule has 1 spiro atoms. The molecule has 4 aliphatic carbocycles. The van der Waals surface area contributed by atoms with Crippen molar-refractivity contribution in [2.45, 2.75) is 57.8 Å². The quantitative estimate of drug-likeness (QED) is 0.622. The molecule has 0 atom stereocenters. The van der Waals surface area contributed by atoms with E-state index in [-0.39, 0.29) is 16.7 Å². The maximum atomic E-state index is 13.9. The largest absolute Gasteiger partial charge is 0.342 e. The molecule has 2 amide bonds. The van der Waals surface area contributed by atoms with Crippen LogP contribution >= 0.6 is 0 Å². The number of rotatable bonds is 3. The van der Waals surface area contributed by atoms with Crippen LogP contribution in [0.5, 0.6) is 0 Å². The van der Waals surface area contributed by atoms with Crippen LogP contribution in [-0.2, 0) is 4.79 Å². The van der Waals surface area contributed by atoms with Crippen LogP contribution in [0.4, 0.5) is 0 Å². The Hall–Kier alpha value is -2.56. The molecule has 2 saturated heterocycles. The molecule has 0 unspecified atom stereocenters. The summed E-state index contributed by atoms with van der Waals surface area (Å²) >= 11 is 0. The molecule has 0 radical (unpaired) electrons. The molecule has 3 heterocycles. The zero-order valence-corrected chi connectivity index (χ0v) is 20.7. The SMILES string of the molecule is O=C(c1ccccc1-n1cccc1)N1CCC2(CC1)CCN(C(=O)C13CC4CC(CC(C4)C1)C3)C2. The summed E-state index contributed by atoms with van der Waals surface area (Å²) in [6.45, 7) is 3.41. The summed E-state index contributed by atoms with van der Waals surface area (Å²) in [6.07, 6.45) is 14.7. The molecule has 2 aromatic rings. The molecule has 4 bridgehead atoms. The molecule has 35 heavy (non-hydrogen) atoms. The van der Waals surface area contributed by atoms with Crippen LogP contribution < -0.4 is 0 Å². The Morgan fingerprint density at radius 1 is 0.743 bits per heavy atom. The summed E-state index contributed by atoms with van der Waals surface area (Å²) in [5.74, 6) is 3.05. The molecule has 6 aliphatic rings. The number of amides is 2. The number of benzene rings is 1. The fraction of sp³-hybridized carbons (Fsp3) is 0.600. The second-order valence-electron chi connectivity index (χ2n) is 12.6. The third-order valence-electron chi connectivity index (χ3n) is 10.3. The highest BCUT2D eigenvalue weighted by Gasteiger charge is 2.57. The average Bonchev–Trinajstić information content (AvgIpc) is 3.54. The lowest BCUT2D eigenvalue weighted by molar-refractivity contribution is -0.157. The van der Waals surface area contributed by atoms with Gasteiger partial charge in [0, 0.05) is 38.6 Å². The Morgan fingerprint density at radius 3 is 1.94 bits per heavy atom. The van der Waals surface area contributed by atoms with Crippen LogP contribution in [0.3, 0.4) is 0 Å². The van der Waals surface area contributed by atoms with Crippen LogP contribution in [0.2, 0.25) is 0 Å². The Morgan fingerprint density at radius 2 is 1.31 bits per heavy atom. The number of likely N-dealkylation sites (tertiary alicyclic amines) is 2. The molecule has 184 valence electrons. The highest BCUT2D eigenvalue weighted by molar-refractivity contribution is 5.98. The number of para-hydroxylation sites is 1. The van der Waals surface area contributed by atoms with Gasteiger partial charge in [0.25, 0.3) is 5.91 Å². The summed E-state index contributed by atoms with van der Waals surface area (Å²) in [5.41, 5.74) is 1.88. The maximum absolute atomic E-state index is 13.9. The monoisotopic (exact) mass is 471 g/mol. The van der Waals surface area contributed by atoms with Gasteiger partial charge in [-0.25, -0.2) is 0 Å². The fourth-order valence-electron chi connectivity index (χ4n) is 8.95. The van der Waals surface area contributed by atoms with Crippen LogP contribution in [0.1, 0.15) is 68.1 Å². The van der Waals surface area contributed by atoms with Crippen molar-refractivity contribution in [3.05, 3.63) is 54.4 Å². The Labute approximate surface area is 208 Å². The van der Waals surface area contributed by atoms with Crippen molar-refractivity contribution in [3.63, 3.8) is 0 Å². The van der Waals surface area contributed by atoms with Crippen molar-refractivity contribution in [2.24, 2.45) is 28.6 Å². The van der Waals surface area contributed by atoms with Crippen molar-refractivity contribution < 1.29 is 9.59 Å². The molecular weight excluding hydrogens is 434 g/mol.